The Balaban J connectivity index is 1.37. The molecule has 0 bridgehead atoms. The first-order valence-electron chi connectivity index (χ1n) is 12.8. The third-order valence-electron chi connectivity index (χ3n) is 7.16. The van der Waals surface area contributed by atoms with Gasteiger partial charge in [-0.2, -0.15) is 13.2 Å². The third-order valence-corrected chi connectivity index (χ3v) is 7.68. The molecule has 0 aromatic carbocycles. The van der Waals surface area contributed by atoms with Crippen LogP contribution in [0.15, 0.2) is 18.3 Å². The van der Waals surface area contributed by atoms with Crippen LogP contribution in [0.5, 0.6) is 5.75 Å². The second-order valence-corrected chi connectivity index (χ2v) is 10.5. The van der Waals surface area contributed by atoms with Gasteiger partial charge in [-0.15, -0.1) is 11.6 Å². The Kier molecular flexibility index (Phi) is 11.1. The van der Waals surface area contributed by atoms with Gasteiger partial charge in [-0.1, -0.05) is 0 Å². The number of aromatic nitrogens is 1. The molecule has 0 spiro atoms. The van der Waals surface area contributed by atoms with Gasteiger partial charge in [0.25, 0.3) is 0 Å². The number of halogens is 4. The molecular weight excluding hydrogens is 497 g/mol. The van der Waals surface area contributed by atoms with Gasteiger partial charge in [0.05, 0.1) is 30.5 Å². The van der Waals surface area contributed by atoms with Crippen LogP contribution in [-0.4, -0.2) is 59.8 Å². The highest BCUT2D eigenvalue weighted by Crippen LogP contribution is 2.39. The van der Waals surface area contributed by atoms with E-state index in [2.05, 4.69) is 20.9 Å². The first kappa shape index (κ1) is 28.9. The van der Waals surface area contributed by atoms with Gasteiger partial charge in [0, 0.05) is 11.4 Å². The molecule has 0 saturated heterocycles. The minimum atomic E-state index is -4.35. The number of alkyl halides is 4. The lowest BCUT2D eigenvalue weighted by molar-refractivity contribution is -0.177. The average Bonchev–Trinajstić information content (AvgIpc) is 3.17. The molecule has 1 amide bonds. The van der Waals surface area contributed by atoms with Crippen molar-refractivity contribution in [1.29, 1.82) is 0 Å². The van der Waals surface area contributed by atoms with E-state index in [1.807, 2.05) is 6.07 Å². The van der Waals surface area contributed by atoms with E-state index in [1.54, 1.807) is 19.3 Å². The molecule has 2 saturated carbocycles. The lowest BCUT2D eigenvalue weighted by Crippen LogP contribution is -2.43. The smallest absolute Gasteiger partial charge is 0.393 e. The fourth-order valence-electron chi connectivity index (χ4n) is 5.10. The van der Waals surface area contributed by atoms with Crippen LogP contribution >= 0.6 is 11.6 Å². The molecule has 7 nitrogen and oxygen atoms in total. The van der Waals surface area contributed by atoms with Crippen molar-refractivity contribution in [2.24, 2.45) is 11.8 Å². The molecule has 11 heteroatoms. The minimum absolute atomic E-state index is 0.0859. The Morgan fingerprint density at radius 1 is 1.19 bits per heavy atom. The molecule has 2 aliphatic rings. The van der Waals surface area contributed by atoms with Crippen LogP contribution in [0.3, 0.4) is 0 Å². The van der Waals surface area contributed by atoms with Gasteiger partial charge in [-0.05, 0) is 89.4 Å². The zero-order valence-corrected chi connectivity index (χ0v) is 21.5. The lowest BCUT2D eigenvalue weighted by atomic mass is 9.97. The number of hydrogen-bond acceptors (Lipinski definition) is 6. The molecule has 2 aliphatic carbocycles. The number of aliphatic hydroxyl groups is 1. The summed E-state index contributed by atoms with van der Waals surface area (Å²) in [7, 11) is 1.65. The van der Waals surface area contributed by atoms with Crippen LogP contribution in [0.2, 0.25) is 0 Å². The number of amides is 1. The number of ether oxygens (including phenoxy) is 1. The number of hydrogen-bond donors (Lipinski definition) is 4. The fraction of sp³-hybridized carbons (Fsp3) is 0.760. The summed E-state index contributed by atoms with van der Waals surface area (Å²) in [4.78, 5) is 16.6. The van der Waals surface area contributed by atoms with Gasteiger partial charge in [-0.3, -0.25) is 15.1 Å². The summed E-state index contributed by atoms with van der Waals surface area (Å²) in [5, 5.41) is 17.5. The molecule has 3 rings (SSSR count). The number of pyridine rings is 1. The van der Waals surface area contributed by atoms with Gasteiger partial charge in [0.1, 0.15) is 12.0 Å². The molecule has 4 N–H and O–H groups in total. The van der Waals surface area contributed by atoms with Crippen molar-refractivity contribution in [1.82, 2.24) is 20.9 Å². The zero-order valence-electron chi connectivity index (χ0n) is 20.7. The summed E-state index contributed by atoms with van der Waals surface area (Å²) in [5.74, 6) is -0.785. The van der Waals surface area contributed by atoms with Crippen molar-refractivity contribution >= 4 is 17.5 Å². The zero-order chi connectivity index (χ0) is 26.1. The highest BCUT2D eigenvalue weighted by atomic mass is 35.5. The Morgan fingerprint density at radius 3 is 2.67 bits per heavy atom. The highest BCUT2D eigenvalue weighted by Gasteiger charge is 2.46. The van der Waals surface area contributed by atoms with Crippen LogP contribution in [0.1, 0.15) is 69.7 Å². The Morgan fingerprint density at radius 2 is 1.97 bits per heavy atom. The van der Waals surface area contributed by atoms with E-state index in [9.17, 15) is 23.1 Å². The molecule has 1 aromatic heterocycles. The molecule has 6 atom stereocenters. The normalized spacial score (nSPS) is 28.6. The van der Waals surface area contributed by atoms with E-state index in [0.29, 0.717) is 43.2 Å². The summed E-state index contributed by atoms with van der Waals surface area (Å²) in [6.45, 7) is 0.766. The van der Waals surface area contributed by atoms with Crippen molar-refractivity contribution in [2.75, 3.05) is 20.1 Å². The number of nitrogens with zero attached hydrogens (tertiary/aromatic N) is 1. The van der Waals surface area contributed by atoms with Gasteiger partial charge in [-0.25, -0.2) is 0 Å². The predicted molar refractivity (Wildman–Crippen MR) is 132 cm³/mol. The maximum absolute atomic E-state index is 13.3. The van der Waals surface area contributed by atoms with Crippen molar-refractivity contribution < 1.29 is 27.8 Å². The van der Waals surface area contributed by atoms with E-state index in [1.165, 1.54) is 0 Å². The standard InChI is InChI=1S/C25H38ClF3N4O3/c1-30-24(35)22-11-10-19(14-32-22)36-18-6-2-4-16(8-9-18)13-31-15-23(34)33-17-5-3-7-21(26)20(12-17)25(27,28)29/h10-11,14,16-18,20-21,24,30-31,35H,2-9,12-13,15H2,1H3,(H,33,34)/t16?,17?,18?,20?,21-,24?/m0/s1. The Hall–Kier alpha value is -1.62. The van der Waals surface area contributed by atoms with Crippen molar-refractivity contribution in [3.05, 3.63) is 24.0 Å². The van der Waals surface area contributed by atoms with E-state index in [4.69, 9.17) is 16.3 Å². The van der Waals surface area contributed by atoms with Gasteiger partial charge >= 0.3 is 6.18 Å². The molecule has 36 heavy (non-hydrogen) atoms. The molecule has 2 fully saturated rings. The first-order chi connectivity index (χ1) is 17.2. The number of carbonyl (C=O) groups excluding carboxylic acids is 1. The predicted octanol–water partition coefficient (Wildman–Crippen LogP) is 4.05. The van der Waals surface area contributed by atoms with Gasteiger partial charge in [0.15, 0.2) is 0 Å². The molecule has 0 radical (unpaired) electrons. The number of aliphatic hydroxyl groups excluding tert-OH is 1. The number of carbonyl (C=O) groups is 1. The van der Waals surface area contributed by atoms with Crippen molar-refractivity contribution in [3.8, 4) is 5.75 Å². The summed E-state index contributed by atoms with van der Waals surface area (Å²) in [6.07, 6.45) is 2.58. The quantitative estimate of drug-likeness (QED) is 0.217. The minimum Gasteiger partial charge on any atom is -0.489 e. The van der Waals surface area contributed by atoms with Crippen LogP contribution in [0.25, 0.3) is 0 Å². The highest BCUT2D eigenvalue weighted by molar-refractivity contribution is 6.20. The lowest BCUT2D eigenvalue weighted by Gasteiger charge is -2.26. The molecule has 5 unspecified atom stereocenters. The van der Waals surface area contributed by atoms with Crippen LogP contribution in [-0.2, 0) is 4.79 Å². The largest absolute Gasteiger partial charge is 0.489 e. The maximum Gasteiger partial charge on any atom is 0.393 e. The molecule has 1 heterocycles. The first-order valence-corrected chi connectivity index (χ1v) is 13.3. The van der Waals surface area contributed by atoms with Crippen LogP contribution < -0.4 is 20.7 Å². The topological polar surface area (TPSA) is 95.5 Å². The Bertz CT molecular complexity index is 815. The monoisotopic (exact) mass is 534 g/mol. The third kappa shape index (κ3) is 9.04. The average molecular weight is 535 g/mol. The SMILES string of the molecule is CNC(O)c1ccc(OC2CCCC(CNCC(=O)NC3CCC[C@H](Cl)C(C(F)(F)F)C3)CC2)cn1. The molecule has 0 aliphatic heterocycles. The number of nitrogens with one attached hydrogen (secondary N) is 3. The molecule has 204 valence electrons. The van der Waals surface area contributed by atoms with E-state index in [-0.39, 0.29) is 25.0 Å². The van der Waals surface area contributed by atoms with E-state index in [0.717, 1.165) is 32.1 Å². The van der Waals surface area contributed by atoms with E-state index < -0.39 is 29.7 Å². The summed E-state index contributed by atoms with van der Waals surface area (Å²) < 4.78 is 46.0. The molecule has 1 aromatic rings. The Labute approximate surface area is 215 Å². The summed E-state index contributed by atoms with van der Waals surface area (Å²) >= 11 is 5.97. The van der Waals surface area contributed by atoms with Crippen LogP contribution in [0, 0.1) is 11.8 Å². The van der Waals surface area contributed by atoms with Crippen molar-refractivity contribution in [2.45, 2.75) is 87.7 Å². The number of rotatable bonds is 9. The van der Waals surface area contributed by atoms with Gasteiger partial charge in [0.2, 0.25) is 5.91 Å². The van der Waals surface area contributed by atoms with Crippen molar-refractivity contribution in [3.63, 3.8) is 0 Å². The molecular formula is C25H38ClF3N4O3. The second kappa shape index (κ2) is 13.8. The second-order valence-electron chi connectivity index (χ2n) is 9.95. The van der Waals surface area contributed by atoms with Crippen LogP contribution in [0.4, 0.5) is 13.2 Å². The fourth-order valence-corrected chi connectivity index (χ4v) is 5.50. The maximum atomic E-state index is 13.3. The van der Waals surface area contributed by atoms with E-state index >= 15 is 0 Å². The van der Waals surface area contributed by atoms with Gasteiger partial charge < -0.3 is 20.5 Å². The summed E-state index contributed by atoms with van der Waals surface area (Å²) in [6, 6.07) is 3.04. The summed E-state index contributed by atoms with van der Waals surface area (Å²) in [5.41, 5.74) is 0.531.